The van der Waals surface area contributed by atoms with Crippen molar-refractivity contribution in [1.82, 2.24) is 10.3 Å². The molecular formula is C18H28N2O5. The molecular weight excluding hydrogens is 324 g/mol. The van der Waals surface area contributed by atoms with Gasteiger partial charge < -0.3 is 19.9 Å². The second-order valence-corrected chi connectivity index (χ2v) is 5.77. The average Bonchev–Trinajstić information content (AvgIpc) is 2.60. The van der Waals surface area contributed by atoms with E-state index in [1.807, 2.05) is 0 Å². The Bertz CT molecular complexity index is 522. The number of hydrogen-bond acceptors (Lipinski definition) is 6. The molecule has 0 aliphatic carbocycles. The molecule has 1 heterocycles. The van der Waals surface area contributed by atoms with E-state index in [4.69, 9.17) is 9.47 Å². The van der Waals surface area contributed by atoms with Crippen LogP contribution in [-0.4, -0.2) is 35.3 Å². The van der Waals surface area contributed by atoms with Crippen molar-refractivity contribution in [2.24, 2.45) is 0 Å². The smallest absolute Gasteiger partial charge is 0.414 e. The average molecular weight is 352 g/mol. The Balaban J connectivity index is 2.01. The molecule has 25 heavy (non-hydrogen) atoms. The van der Waals surface area contributed by atoms with Gasteiger partial charge in [0.2, 0.25) is 0 Å². The van der Waals surface area contributed by atoms with E-state index in [9.17, 15) is 14.7 Å². The molecule has 7 heteroatoms. The van der Waals surface area contributed by atoms with Crippen molar-refractivity contribution in [3.05, 3.63) is 18.3 Å². The SMILES string of the molecule is CCCCCCCCCCOC(=O)CNC(=O)Oc1ncccc1O. The van der Waals surface area contributed by atoms with Crippen molar-refractivity contribution in [2.45, 2.75) is 58.3 Å². The van der Waals surface area contributed by atoms with E-state index in [1.165, 1.54) is 50.4 Å². The summed E-state index contributed by atoms with van der Waals surface area (Å²) in [6.45, 7) is 2.26. The van der Waals surface area contributed by atoms with E-state index >= 15 is 0 Å². The lowest BCUT2D eigenvalue weighted by atomic mass is 10.1. The number of pyridine rings is 1. The number of amides is 1. The van der Waals surface area contributed by atoms with Crippen LogP contribution in [0.1, 0.15) is 58.3 Å². The first kappa shape index (κ1) is 20.7. The number of rotatable bonds is 12. The Kier molecular flexibility index (Phi) is 10.8. The second-order valence-electron chi connectivity index (χ2n) is 5.77. The van der Waals surface area contributed by atoms with Gasteiger partial charge in [-0.2, -0.15) is 0 Å². The molecule has 1 aromatic rings. The Morgan fingerprint density at radius 3 is 2.48 bits per heavy atom. The highest BCUT2D eigenvalue weighted by Crippen LogP contribution is 2.20. The molecule has 2 N–H and O–H groups in total. The summed E-state index contributed by atoms with van der Waals surface area (Å²) in [7, 11) is 0. The summed E-state index contributed by atoms with van der Waals surface area (Å²) < 4.78 is 9.81. The number of aromatic hydroxyl groups is 1. The van der Waals surface area contributed by atoms with Crippen LogP contribution in [0.4, 0.5) is 4.79 Å². The Labute approximate surface area is 148 Å². The standard InChI is InChI=1S/C18H28N2O5/c1-2-3-4-5-6-7-8-9-13-24-16(22)14-20-18(23)25-17-15(21)11-10-12-19-17/h10-12,21H,2-9,13-14H2,1H3,(H,20,23). The summed E-state index contributed by atoms with van der Waals surface area (Å²) in [6.07, 6.45) is 9.85. The van der Waals surface area contributed by atoms with Crippen molar-refractivity contribution in [3.63, 3.8) is 0 Å². The van der Waals surface area contributed by atoms with Crippen molar-refractivity contribution < 1.29 is 24.2 Å². The molecule has 140 valence electrons. The van der Waals surface area contributed by atoms with Crippen molar-refractivity contribution in [2.75, 3.05) is 13.2 Å². The van der Waals surface area contributed by atoms with Gasteiger partial charge in [0.15, 0.2) is 5.75 Å². The molecule has 0 spiro atoms. The summed E-state index contributed by atoms with van der Waals surface area (Å²) >= 11 is 0. The molecule has 1 aromatic heterocycles. The predicted molar refractivity (Wildman–Crippen MR) is 93.5 cm³/mol. The van der Waals surface area contributed by atoms with Crippen LogP contribution in [0.5, 0.6) is 11.6 Å². The zero-order valence-electron chi connectivity index (χ0n) is 14.8. The highest BCUT2D eigenvalue weighted by Gasteiger charge is 2.11. The number of nitrogens with zero attached hydrogens (tertiary/aromatic N) is 1. The van der Waals surface area contributed by atoms with Gasteiger partial charge in [-0.3, -0.25) is 4.79 Å². The summed E-state index contributed by atoms with van der Waals surface area (Å²) in [5.74, 6) is -0.993. The third kappa shape index (κ3) is 10.2. The molecule has 0 aliphatic heterocycles. The summed E-state index contributed by atoms with van der Waals surface area (Å²) in [4.78, 5) is 26.7. The third-order valence-electron chi connectivity index (χ3n) is 3.58. The van der Waals surface area contributed by atoms with Crippen LogP contribution >= 0.6 is 0 Å². The third-order valence-corrected chi connectivity index (χ3v) is 3.58. The maximum Gasteiger partial charge on any atom is 0.414 e. The quantitative estimate of drug-likeness (QED) is 0.441. The fourth-order valence-electron chi connectivity index (χ4n) is 2.20. The van der Waals surface area contributed by atoms with Crippen LogP contribution in [0.15, 0.2) is 18.3 Å². The fraction of sp³-hybridized carbons (Fsp3) is 0.611. The molecule has 7 nitrogen and oxygen atoms in total. The minimum Gasteiger partial charge on any atom is -0.503 e. The first-order valence-corrected chi connectivity index (χ1v) is 8.88. The summed E-state index contributed by atoms with van der Waals surface area (Å²) in [5.41, 5.74) is 0. The molecule has 1 amide bonds. The van der Waals surface area contributed by atoms with Crippen molar-refractivity contribution in [1.29, 1.82) is 0 Å². The molecule has 0 unspecified atom stereocenters. The van der Waals surface area contributed by atoms with Gasteiger partial charge in [0.1, 0.15) is 6.54 Å². The maximum atomic E-state index is 11.5. The number of carbonyl (C=O) groups excluding carboxylic acids is 2. The van der Waals surface area contributed by atoms with Gasteiger partial charge in [0.25, 0.3) is 5.88 Å². The van der Waals surface area contributed by atoms with E-state index in [2.05, 4.69) is 17.2 Å². The van der Waals surface area contributed by atoms with Crippen molar-refractivity contribution >= 4 is 12.1 Å². The lowest BCUT2D eigenvalue weighted by Crippen LogP contribution is -2.33. The van der Waals surface area contributed by atoms with Gasteiger partial charge in [0.05, 0.1) is 6.61 Å². The van der Waals surface area contributed by atoms with E-state index in [-0.39, 0.29) is 18.2 Å². The lowest BCUT2D eigenvalue weighted by Gasteiger charge is -2.07. The lowest BCUT2D eigenvalue weighted by molar-refractivity contribution is -0.142. The number of unbranched alkanes of at least 4 members (excludes halogenated alkanes) is 7. The van der Waals surface area contributed by atoms with E-state index in [0.717, 1.165) is 19.3 Å². The monoisotopic (exact) mass is 352 g/mol. The van der Waals surface area contributed by atoms with Crippen LogP contribution in [0.2, 0.25) is 0 Å². The van der Waals surface area contributed by atoms with Crippen LogP contribution in [0, 0.1) is 0 Å². The van der Waals surface area contributed by atoms with Gasteiger partial charge in [0, 0.05) is 6.20 Å². The molecule has 0 aromatic carbocycles. The number of esters is 1. The molecule has 1 rings (SSSR count). The van der Waals surface area contributed by atoms with Crippen LogP contribution in [0.25, 0.3) is 0 Å². The molecule has 0 radical (unpaired) electrons. The number of carbonyl (C=O) groups is 2. The predicted octanol–water partition coefficient (Wildman–Crippen LogP) is 3.56. The van der Waals surface area contributed by atoms with Crippen LogP contribution in [0.3, 0.4) is 0 Å². The topological polar surface area (TPSA) is 97.8 Å². The first-order chi connectivity index (χ1) is 12.1. The first-order valence-electron chi connectivity index (χ1n) is 8.88. The number of ether oxygens (including phenoxy) is 2. The highest BCUT2D eigenvalue weighted by molar-refractivity contribution is 5.78. The zero-order valence-corrected chi connectivity index (χ0v) is 14.8. The number of hydrogen-bond donors (Lipinski definition) is 2. The fourth-order valence-corrected chi connectivity index (χ4v) is 2.20. The highest BCUT2D eigenvalue weighted by atomic mass is 16.6. The van der Waals surface area contributed by atoms with Gasteiger partial charge in [-0.05, 0) is 18.6 Å². The van der Waals surface area contributed by atoms with Gasteiger partial charge >= 0.3 is 12.1 Å². The Morgan fingerprint density at radius 2 is 1.80 bits per heavy atom. The second kappa shape index (κ2) is 13.0. The summed E-state index contributed by atoms with van der Waals surface area (Å²) in [6, 6.07) is 2.84. The molecule has 0 fully saturated rings. The van der Waals surface area contributed by atoms with E-state index < -0.39 is 12.1 Å². The maximum absolute atomic E-state index is 11.5. The largest absolute Gasteiger partial charge is 0.503 e. The molecule has 0 atom stereocenters. The Hall–Kier alpha value is -2.31. The number of nitrogens with one attached hydrogen (secondary N) is 1. The normalized spacial score (nSPS) is 10.3. The van der Waals surface area contributed by atoms with Gasteiger partial charge in [-0.25, -0.2) is 9.78 Å². The van der Waals surface area contributed by atoms with Crippen LogP contribution in [-0.2, 0) is 9.53 Å². The minimum absolute atomic E-state index is 0.215. The zero-order chi connectivity index (χ0) is 18.3. The molecule has 0 saturated carbocycles. The van der Waals surface area contributed by atoms with Crippen LogP contribution < -0.4 is 10.1 Å². The molecule has 0 bridgehead atoms. The van der Waals surface area contributed by atoms with Gasteiger partial charge in [-0.15, -0.1) is 0 Å². The van der Waals surface area contributed by atoms with Crippen molar-refractivity contribution in [3.8, 4) is 11.6 Å². The van der Waals surface area contributed by atoms with Gasteiger partial charge in [-0.1, -0.05) is 51.9 Å². The van der Waals surface area contributed by atoms with E-state index in [1.54, 1.807) is 0 Å². The minimum atomic E-state index is -0.877. The molecule has 0 saturated heterocycles. The van der Waals surface area contributed by atoms with E-state index in [0.29, 0.717) is 6.61 Å². The Morgan fingerprint density at radius 1 is 1.12 bits per heavy atom. The number of aromatic nitrogens is 1. The molecule has 0 aliphatic rings. The summed E-state index contributed by atoms with van der Waals surface area (Å²) in [5, 5.41) is 11.7.